The zero-order valence-corrected chi connectivity index (χ0v) is 10.8. The van der Waals surface area contributed by atoms with Gasteiger partial charge in [0, 0.05) is 19.6 Å². The Morgan fingerprint density at radius 2 is 1.89 bits per heavy atom. The van der Waals surface area contributed by atoms with Gasteiger partial charge in [0.25, 0.3) is 0 Å². The van der Waals surface area contributed by atoms with Gasteiger partial charge in [-0.15, -0.1) is 0 Å². The van der Waals surface area contributed by atoms with Crippen LogP contribution in [0.5, 0.6) is 0 Å². The molecule has 1 atom stereocenters. The molecule has 0 saturated carbocycles. The molecule has 0 aromatic rings. The topological polar surface area (TPSA) is 81.1 Å². The van der Waals surface area contributed by atoms with Crippen molar-refractivity contribution in [3.05, 3.63) is 0 Å². The minimum absolute atomic E-state index is 0.0918. The third-order valence-corrected chi connectivity index (χ3v) is 3.24. The zero-order valence-electron chi connectivity index (χ0n) is 10.8. The first-order valence-corrected chi connectivity index (χ1v) is 6.38. The molecule has 0 aromatic carbocycles. The maximum Gasteiger partial charge on any atom is 0.317 e. The van der Waals surface area contributed by atoms with Gasteiger partial charge in [0.1, 0.15) is 0 Å². The predicted molar refractivity (Wildman–Crippen MR) is 66.5 cm³/mol. The van der Waals surface area contributed by atoms with E-state index in [0.717, 1.165) is 19.6 Å². The highest BCUT2D eigenvalue weighted by atomic mass is 16.4. The normalized spacial score (nSPS) is 18.1. The van der Waals surface area contributed by atoms with Crippen molar-refractivity contribution in [2.45, 2.75) is 19.8 Å². The van der Waals surface area contributed by atoms with Crippen LogP contribution < -0.4 is 0 Å². The van der Waals surface area contributed by atoms with E-state index in [0.29, 0.717) is 6.54 Å². The molecule has 18 heavy (non-hydrogen) atoms. The van der Waals surface area contributed by atoms with Crippen molar-refractivity contribution in [2.75, 3.05) is 39.3 Å². The first-order valence-electron chi connectivity index (χ1n) is 6.38. The maximum atomic E-state index is 10.8. The van der Waals surface area contributed by atoms with Crippen molar-refractivity contribution in [1.82, 2.24) is 9.80 Å². The third-order valence-electron chi connectivity index (χ3n) is 3.24. The van der Waals surface area contributed by atoms with E-state index < -0.39 is 17.9 Å². The lowest BCUT2D eigenvalue weighted by Gasteiger charge is -2.25. The van der Waals surface area contributed by atoms with Gasteiger partial charge in [-0.1, -0.05) is 6.92 Å². The molecule has 6 heteroatoms. The Morgan fingerprint density at radius 3 is 2.39 bits per heavy atom. The van der Waals surface area contributed by atoms with Crippen LogP contribution in [0.2, 0.25) is 0 Å². The van der Waals surface area contributed by atoms with Crippen molar-refractivity contribution in [3.63, 3.8) is 0 Å². The maximum absolute atomic E-state index is 10.8. The molecule has 0 amide bonds. The van der Waals surface area contributed by atoms with Gasteiger partial charge in [-0.3, -0.25) is 14.5 Å². The third kappa shape index (κ3) is 5.46. The highest BCUT2D eigenvalue weighted by Crippen LogP contribution is 2.07. The second-order valence-corrected chi connectivity index (χ2v) is 4.92. The van der Waals surface area contributed by atoms with Gasteiger partial charge in [-0.25, -0.2) is 0 Å². The molecule has 104 valence electrons. The Labute approximate surface area is 107 Å². The van der Waals surface area contributed by atoms with E-state index in [4.69, 9.17) is 10.2 Å². The summed E-state index contributed by atoms with van der Waals surface area (Å²) in [7, 11) is 0. The molecule has 6 nitrogen and oxygen atoms in total. The fourth-order valence-electron chi connectivity index (χ4n) is 2.18. The monoisotopic (exact) mass is 258 g/mol. The van der Waals surface area contributed by atoms with Crippen molar-refractivity contribution in [2.24, 2.45) is 5.92 Å². The van der Waals surface area contributed by atoms with Gasteiger partial charge >= 0.3 is 11.9 Å². The molecule has 0 bridgehead atoms. The van der Waals surface area contributed by atoms with Crippen LogP contribution in [0.15, 0.2) is 0 Å². The molecule has 0 spiro atoms. The first kappa shape index (κ1) is 14.9. The number of carbonyl (C=O) groups is 2. The molecule has 0 aromatic heterocycles. The van der Waals surface area contributed by atoms with Crippen LogP contribution in [0, 0.1) is 5.92 Å². The van der Waals surface area contributed by atoms with E-state index in [1.54, 1.807) is 11.8 Å². The first-order chi connectivity index (χ1) is 8.49. The lowest BCUT2D eigenvalue weighted by molar-refractivity contribution is -0.144. The summed E-state index contributed by atoms with van der Waals surface area (Å²) in [4.78, 5) is 25.6. The number of rotatable bonds is 8. The van der Waals surface area contributed by atoms with E-state index in [1.807, 2.05) is 0 Å². The smallest absolute Gasteiger partial charge is 0.317 e. The van der Waals surface area contributed by atoms with Crippen LogP contribution >= 0.6 is 0 Å². The molecular formula is C12H22N2O4. The van der Waals surface area contributed by atoms with Crippen molar-refractivity contribution in [1.29, 1.82) is 0 Å². The lowest BCUT2D eigenvalue weighted by atomic mass is 10.1. The van der Waals surface area contributed by atoms with Crippen molar-refractivity contribution < 1.29 is 19.8 Å². The average Bonchev–Trinajstić information content (AvgIpc) is 2.77. The predicted octanol–water partition coefficient (Wildman–Crippen LogP) is 0.190. The molecule has 1 aliphatic heterocycles. The van der Waals surface area contributed by atoms with Gasteiger partial charge in [0.05, 0.1) is 12.5 Å². The summed E-state index contributed by atoms with van der Waals surface area (Å²) in [5.74, 6) is -2.33. The number of likely N-dealkylation sites (tertiary alicyclic amines) is 1. The van der Waals surface area contributed by atoms with Crippen LogP contribution in [-0.2, 0) is 9.59 Å². The highest BCUT2D eigenvalue weighted by Gasteiger charge is 2.19. The SMILES string of the molecule is CC(CN(CCN1CCCC1)CC(=O)O)C(=O)O. The van der Waals surface area contributed by atoms with E-state index in [2.05, 4.69) is 4.90 Å². The minimum atomic E-state index is -0.908. The molecule has 1 unspecified atom stereocenters. The number of hydrogen-bond donors (Lipinski definition) is 2. The van der Waals surface area contributed by atoms with E-state index in [9.17, 15) is 9.59 Å². The Bertz CT molecular complexity index is 290. The second kappa shape index (κ2) is 7.33. The Kier molecular flexibility index (Phi) is 6.07. The number of carboxylic acid groups (broad SMARTS) is 2. The summed E-state index contributed by atoms with van der Waals surface area (Å²) in [6.07, 6.45) is 2.40. The van der Waals surface area contributed by atoms with Crippen LogP contribution in [0.1, 0.15) is 19.8 Å². The standard InChI is InChI=1S/C12H22N2O4/c1-10(12(17)18)8-14(9-11(15)16)7-6-13-4-2-3-5-13/h10H,2-9H2,1H3,(H,15,16)(H,17,18). The summed E-state index contributed by atoms with van der Waals surface area (Å²) >= 11 is 0. The number of nitrogens with zero attached hydrogens (tertiary/aromatic N) is 2. The van der Waals surface area contributed by atoms with Crippen molar-refractivity contribution >= 4 is 11.9 Å². The molecule has 2 N–H and O–H groups in total. The fraction of sp³-hybridized carbons (Fsp3) is 0.833. The molecule has 0 aliphatic carbocycles. The van der Waals surface area contributed by atoms with Gasteiger partial charge < -0.3 is 15.1 Å². The van der Waals surface area contributed by atoms with Gasteiger partial charge in [0.15, 0.2) is 0 Å². The molecule has 0 radical (unpaired) electrons. The molecule has 1 aliphatic rings. The molecular weight excluding hydrogens is 236 g/mol. The number of aliphatic carboxylic acids is 2. The number of carboxylic acids is 2. The summed E-state index contributed by atoms with van der Waals surface area (Å²) in [6, 6.07) is 0. The Hall–Kier alpha value is -1.14. The van der Waals surface area contributed by atoms with Crippen molar-refractivity contribution in [3.8, 4) is 0 Å². The highest BCUT2D eigenvalue weighted by molar-refractivity contribution is 5.71. The minimum Gasteiger partial charge on any atom is -0.481 e. The molecule has 1 rings (SSSR count). The molecule has 1 fully saturated rings. The number of hydrogen-bond acceptors (Lipinski definition) is 4. The summed E-state index contributed by atoms with van der Waals surface area (Å²) in [5, 5.41) is 17.7. The van der Waals surface area contributed by atoms with Crippen LogP contribution in [-0.4, -0.2) is 71.2 Å². The van der Waals surface area contributed by atoms with Crippen LogP contribution in [0.25, 0.3) is 0 Å². The van der Waals surface area contributed by atoms with E-state index in [-0.39, 0.29) is 13.1 Å². The van der Waals surface area contributed by atoms with Gasteiger partial charge in [-0.05, 0) is 25.9 Å². The summed E-state index contributed by atoms with van der Waals surface area (Å²) in [6.45, 7) is 5.36. The molecule has 1 heterocycles. The summed E-state index contributed by atoms with van der Waals surface area (Å²) < 4.78 is 0. The second-order valence-electron chi connectivity index (χ2n) is 4.92. The Balaban J connectivity index is 2.38. The molecule has 1 saturated heterocycles. The lowest BCUT2D eigenvalue weighted by Crippen LogP contribution is -2.40. The van der Waals surface area contributed by atoms with E-state index >= 15 is 0 Å². The van der Waals surface area contributed by atoms with Gasteiger partial charge in [0.2, 0.25) is 0 Å². The quantitative estimate of drug-likeness (QED) is 0.647. The van der Waals surface area contributed by atoms with Gasteiger partial charge in [-0.2, -0.15) is 0 Å². The van der Waals surface area contributed by atoms with Crippen LogP contribution in [0.3, 0.4) is 0 Å². The fourth-order valence-corrected chi connectivity index (χ4v) is 2.18. The largest absolute Gasteiger partial charge is 0.481 e. The zero-order chi connectivity index (χ0) is 13.5. The van der Waals surface area contributed by atoms with Crippen LogP contribution in [0.4, 0.5) is 0 Å². The Morgan fingerprint density at radius 1 is 1.28 bits per heavy atom. The van der Waals surface area contributed by atoms with E-state index in [1.165, 1.54) is 12.8 Å². The average molecular weight is 258 g/mol. The summed E-state index contributed by atoms with van der Waals surface area (Å²) in [5.41, 5.74) is 0.